The zero-order chi connectivity index (χ0) is 9.19. The summed E-state index contributed by atoms with van der Waals surface area (Å²) in [6.45, 7) is 0.0517. The normalized spacial score (nSPS) is 11.2. The lowest BCUT2D eigenvalue weighted by Crippen LogP contribution is -2.07. The van der Waals surface area contributed by atoms with Gasteiger partial charge in [-0.1, -0.05) is 5.92 Å². The van der Waals surface area contributed by atoms with Crippen molar-refractivity contribution < 1.29 is 13.2 Å². The van der Waals surface area contributed by atoms with Crippen molar-refractivity contribution in [3.63, 3.8) is 0 Å². The first-order chi connectivity index (χ1) is 5.54. The maximum atomic E-state index is 11.9. The van der Waals surface area contributed by atoms with Crippen LogP contribution < -0.4 is 0 Å². The molecule has 1 aromatic heterocycles. The molecule has 1 rings (SSSR count). The zero-order valence-electron chi connectivity index (χ0n) is 5.97. The summed E-state index contributed by atoms with van der Waals surface area (Å²) in [5.74, 6) is 2.18. The summed E-state index contributed by atoms with van der Waals surface area (Å²) in [7, 11) is 0. The number of hydrogen-bond donors (Lipinski definition) is 0. The van der Waals surface area contributed by atoms with Gasteiger partial charge in [0.05, 0.1) is 0 Å². The van der Waals surface area contributed by atoms with Gasteiger partial charge < -0.3 is 0 Å². The lowest BCUT2D eigenvalue weighted by Gasteiger charge is -1.99. The first-order valence-corrected chi connectivity index (χ1v) is 3.08. The number of hydrogen-bond acceptors (Lipinski definition) is 1. The molecule has 0 amide bonds. The van der Waals surface area contributed by atoms with Crippen molar-refractivity contribution in [3.05, 3.63) is 18.0 Å². The lowest BCUT2D eigenvalue weighted by molar-refractivity contribution is -0.141. The van der Waals surface area contributed by atoms with E-state index in [0.29, 0.717) is 0 Å². The summed E-state index contributed by atoms with van der Waals surface area (Å²) in [4.78, 5) is 0. The molecule has 0 aliphatic rings. The van der Waals surface area contributed by atoms with Gasteiger partial charge >= 0.3 is 6.18 Å². The van der Waals surface area contributed by atoms with Gasteiger partial charge in [0, 0.05) is 6.20 Å². The molecule has 12 heavy (non-hydrogen) atoms. The van der Waals surface area contributed by atoms with Crippen molar-refractivity contribution in [2.45, 2.75) is 12.7 Å². The fourth-order valence-corrected chi connectivity index (χ4v) is 0.694. The van der Waals surface area contributed by atoms with E-state index >= 15 is 0 Å². The molecule has 0 aliphatic heterocycles. The molecular weight excluding hydrogens is 169 g/mol. The van der Waals surface area contributed by atoms with Gasteiger partial charge in [-0.05, 0) is 6.07 Å². The molecule has 0 saturated carbocycles. The van der Waals surface area contributed by atoms with E-state index in [1.165, 1.54) is 6.20 Å². The highest BCUT2D eigenvalue weighted by molar-refractivity contribution is 5.04. The van der Waals surface area contributed by atoms with Crippen molar-refractivity contribution >= 4 is 0 Å². The van der Waals surface area contributed by atoms with Gasteiger partial charge in [0.2, 0.25) is 0 Å². The van der Waals surface area contributed by atoms with Crippen LogP contribution in [-0.2, 0) is 12.7 Å². The SMILES string of the molecule is C#CCn1ccc(C(F)(F)F)n1. The largest absolute Gasteiger partial charge is 0.435 e. The van der Waals surface area contributed by atoms with Gasteiger partial charge in [0.15, 0.2) is 5.69 Å². The van der Waals surface area contributed by atoms with Gasteiger partial charge in [-0.2, -0.15) is 18.3 Å². The van der Waals surface area contributed by atoms with E-state index in [-0.39, 0.29) is 6.54 Å². The Bertz CT molecular complexity index is 305. The molecule has 0 bridgehead atoms. The fourth-order valence-electron chi connectivity index (χ4n) is 0.694. The smallest absolute Gasteiger partial charge is 0.260 e. The van der Waals surface area contributed by atoms with E-state index in [4.69, 9.17) is 6.42 Å². The molecule has 5 heteroatoms. The van der Waals surface area contributed by atoms with Gasteiger partial charge in [0.25, 0.3) is 0 Å². The highest BCUT2D eigenvalue weighted by Gasteiger charge is 2.33. The molecule has 0 aliphatic carbocycles. The maximum absolute atomic E-state index is 11.9. The van der Waals surface area contributed by atoms with Gasteiger partial charge in [-0.25, -0.2) is 0 Å². The van der Waals surface area contributed by atoms with Crippen molar-refractivity contribution in [2.75, 3.05) is 0 Å². The van der Waals surface area contributed by atoms with E-state index in [1.807, 2.05) is 0 Å². The summed E-state index contributed by atoms with van der Waals surface area (Å²) >= 11 is 0. The minimum Gasteiger partial charge on any atom is -0.260 e. The Morgan fingerprint density at radius 1 is 1.58 bits per heavy atom. The second-order valence-corrected chi connectivity index (χ2v) is 2.10. The number of terminal acetylenes is 1. The number of rotatable bonds is 1. The topological polar surface area (TPSA) is 17.8 Å². The Labute approximate surface area is 67.0 Å². The van der Waals surface area contributed by atoms with Crippen LogP contribution in [0.4, 0.5) is 13.2 Å². The molecule has 64 valence electrons. The Kier molecular flexibility index (Phi) is 2.09. The van der Waals surface area contributed by atoms with E-state index in [9.17, 15) is 13.2 Å². The second-order valence-electron chi connectivity index (χ2n) is 2.10. The Morgan fingerprint density at radius 2 is 2.25 bits per heavy atom. The minimum absolute atomic E-state index is 0.0517. The standard InChI is InChI=1S/C7H5F3N2/c1-2-4-12-5-3-6(11-12)7(8,9)10/h1,3,5H,4H2. The summed E-state index contributed by atoms with van der Waals surface area (Å²) in [5.41, 5.74) is -0.919. The van der Waals surface area contributed by atoms with Crippen LogP contribution >= 0.6 is 0 Å². The average Bonchev–Trinajstić information content (AvgIpc) is 2.35. The first-order valence-electron chi connectivity index (χ1n) is 3.08. The molecule has 0 aromatic carbocycles. The summed E-state index contributed by atoms with van der Waals surface area (Å²) in [6, 6.07) is 0.886. The highest BCUT2D eigenvalue weighted by Crippen LogP contribution is 2.26. The third-order valence-corrected chi connectivity index (χ3v) is 1.18. The molecule has 0 atom stereocenters. The van der Waals surface area contributed by atoms with Gasteiger partial charge in [-0.15, -0.1) is 6.42 Å². The summed E-state index contributed by atoms with van der Waals surface area (Å²) in [6.07, 6.45) is 1.69. The van der Waals surface area contributed by atoms with E-state index in [1.54, 1.807) is 0 Å². The predicted octanol–water partition coefficient (Wildman–Crippen LogP) is 1.54. The number of aromatic nitrogens is 2. The van der Waals surface area contributed by atoms with E-state index in [0.717, 1.165) is 10.7 Å². The Balaban J connectivity index is 2.86. The average molecular weight is 174 g/mol. The minimum atomic E-state index is -4.39. The summed E-state index contributed by atoms with van der Waals surface area (Å²) in [5, 5.41) is 3.22. The monoisotopic (exact) mass is 174 g/mol. The maximum Gasteiger partial charge on any atom is 0.435 e. The number of alkyl halides is 3. The summed E-state index contributed by atoms with van der Waals surface area (Å²) < 4.78 is 36.8. The van der Waals surface area contributed by atoms with Crippen molar-refractivity contribution in [2.24, 2.45) is 0 Å². The van der Waals surface area contributed by atoms with Crippen LogP contribution in [0, 0.1) is 12.3 Å². The zero-order valence-corrected chi connectivity index (χ0v) is 5.97. The van der Waals surface area contributed by atoms with Crippen LogP contribution in [0.25, 0.3) is 0 Å². The van der Waals surface area contributed by atoms with Gasteiger partial charge in [-0.3, -0.25) is 4.68 Å². The molecule has 1 heterocycles. The molecule has 0 unspecified atom stereocenters. The van der Waals surface area contributed by atoms with Crippen LogP contribution in [0.1, 0.15) is 5.69 Å². The van der Waals surface area contributed by atoms with Crippen LogP contribution in [0.3, 0.4) is 0 Å². The Morgan fingerprint density at radius 3 is 2.67 bits per heavy atom. The van der Waals surface area contributed by atoms with Crippen LogP contribution in [0.2, 0.25) is 0 Å². The molecule has 2 nitrogen and oxygen atoms in total. The van der Waals surface area contributed by atoms with E-state index in [2.05, 4.69) is 11.0 Å². The van der Waals surface area contributed by atoms with Crippen molar-refractivity contribution in [1.82, 2.24) is 9.78 Å². The van der Waals surface area contributed by atoms with Gasteiger partial charge in [0.1, 0.15) is 6.54 Å². The highest BCUT2D eigenvalue weighted by atomic mass is 19.4. The van der Waals surface area contributed by atoms with Crippen LogP contribution in [0.5, 0.6) is 0 Å². The van der Waals surface area contributed by atoms with Crippen molar-refractivity contribution in [1.29, 1.82) is 0 Å². The Hall–Kier alpha value is -1.44. The third-order valence-electron chi connectivity index (χ3n) is 1.18. The quantitative estimate of drug-likeness (QED) is 0.590. The van der Waals surface area contributed by atoms with Crippen LogP contribution in [0.15, 0.2) is 12.3 Å². The molecule has 0 N–H and O–H groups in total. The van der Waals surface area contributed by atoms with Crippen molar-refractivity contribution in [3.8, 4) is 12.3 Å². The second kappa shape index (κ2) is 2.89. The third kappa shape index (κ3) is 1.78. The molecule has 0 saturated heterocycles. The van der Waals surface area contributed by atoms with Crippen LogP contribution in [-0.4, -0.2) is 9.78 Å². The first kappa shape index (κ1) is 8.65. The predicted molar refractivity (Wildman–Crippen MR) is 36.1 cm³/mol. The molecule has 0 spiro atoms. The number of nitrogens with zero attached hydrogens (tertiary/aromatic N) is 2. The lowest BCUT2D eigenvalue weighted by atomic mass is 10.4. The molecule has 1 aromatic rings. The molecule has 0 fully saturated rings. The molecule has 0 radical (unpaired) electrons. The van der Waals surface area contributed by atoms with E-state index < -0.39 is 11.9 Å². The number of halogens is 3. The molecular formula is C7H5F3N2. The fraction of sp³-hybridized carbons (Fsp3) is 0.286.